The van der Waals surface area contributed by atoms with Gasteiger partial charge in [-0.2, -0.15) is 0 Å². The molecule has 1 aromatic carbocycles. The van der Waals surface area contributed by atoms with Gasteiger partial charge in [-0.3, -0.25) is 4.99 Å². The molecule has 27 heavy (non-hydrogen) atoms. The molecule has 1 aliphatic heterocycles. The number of hydrogen-bond acceptors (Lipinski definition) is 4. The van der Waals surface area contributed by atoms with Gasteiger partial charge in [0.15, 0.2) is 5.96 Å². The summed E-state index contributed by atoms with van der Waals surface area (Å²) in [6.07, 6.45) is -0.234. The van der Waals surface area contributed by atoms with Crippen LogP contribution in [0.4, 0.5) is 4.79 Å². The van der Waals surface area contributed by atoms with Crippen molar-refractivity contribution in [3.8, 4) is 0 Å². The molecule has 0 aliphatic carbocycles. The topological polar surface area (TPSA) is 66.4 Å². The molecule has 1 N–H and O–H groups in total. The van der Waals surface area contributed by atoms with E-state index in [1.165, 1.54) is 11.1 Å². The number of rotatable bonds is 6. The molecule has 1 aliphatic rings. The third-order valence-electron chi connectivity index (χ3n) is 4.26. The number of ether oxygens (including phenoxy) is 2. The minimum absolute atomic E-state index is 0. The molecule has 0 atom stereocenters. The smallest absolute Gasteiger partial charge is 0.409 e. The van der Waals surface area contributed by atoms with Crippen molar-refractivity contribution in [3.63, 3.8) is 0 Å². The summed E-state index contributed by atoms with van der Waals surface area (Å²) in [4.78, 5) is 20.1. The summed E-state index contributed by atoms with van der Waals surface area (Å²) < 4.78 is 10.5. The van der Waals surface area contributed by atoms with E-state index in [2.05, 4.69) is 39.5 Å². The van der Waals surface area contributed by atoms with Gasteiger partial charge in [-0.05, 0) is 25.0 Å². The van der Waals surface area contributed by atoms with Gasteiger partial charge in [0.2, 0.25) is 0 Å². The second-order valence-electron chi connectivity index (χ2n) is 6.03. The molecular weight excluding hydrogens is 459 g/mol. The largest absolute Gasteiger partial charge is 0.450 e. The van der Waals surface area contributed by atoms with Crippen LogP contribution in [0.2, 0.25) is 0 Å². The monoisotopic (exact) mass is 490 g/mol. The van der Waals surface area contributed by atoms with Crippen molar-refractivity contribution in [2.45, 2.75) is 27.0 Å². The van der Waals surface area contributed by atoms with Crippen molar-refractivity contribution in [2.24, 2.45) is 4.99 Å². The van der Waals surface area contributed by atoms with Gasteiger partial charge in [-0.15, -0.1) is 24.0 Å². The molecule has 1 saturated heterocycles. The zero-order valence-corrected chi connectivity index (χ0v) is 18.8. The van der Waals surface area contributed by atoms with Crippen molar-refractivity contribution >= 4 is 36.0 Å². The predicted molar refractivity (Wildman–Crippen MR) is 118 cm³/mol. The van der Waals surface area contributed by atoms with E-state index < -0.39 is 0 Å². The van der Waals surface area contributed by atoms with Crippen LogP contribution >= 0.6 is 24.0 Å². The summed E-state index contributed by atoms with van der Waals surface area (Å²) in [5, 5.41) is 3.40. The van der Waals surface area contributed by atoms with Gasteiger partial charge >= 0.3 is 6.09 Å². The van der Waals surface area contributed by atoms with Gasteiger partial charge in [-0.25, -0.2) is 4.79 Å². The average molecular weight is 490 g/mol. The lowest BCUT2D eigenvalue weighted by molar-refractivity contribution is 0.0914. The van der Waals surface area contributed by atoms with Crippen molar-refractivity contribution in [3.05, 3.63) is 35.4 Å². The Bertz CT molecular complexity index is 587. The number of carbonyl (C=O) groups is 1. The van der Waals surface area contributed by atoms with Crippen molar-refractivity contribution in [1.82, 2.24) is 15.1 Å². The summed E-state index contributed by atoms with van der Waals surface area (Å²) in [6.45, 7) is 9.08. The number of guanidine groups is 1. The van der Waals surface area contributed by atoms with Crippen LogP contribution in [-0.2, 0) is 22.6 Å². The second kappa shape index (κ2) is 12.8. The number of piperazine rings is 1. The minimum Gasteiger partial charge on any atom is -0.450 e. The van der Waals surface area contributed by atoms with Gasteiger partial charge < -0.3 is 24.6 Å². The first-order chi connectivity index (χ1) is 12.7. The highest BCUT2D eigenvalue weighted by atomic mass is 127. The van der Waals surface area contributed by atoms with E-state index in [1.54, 1.807) is 11.9 Å². The highest BCUT2D eigenvalue weighted by molar-refractivity contribution is 14.0. The summed E-state index contributed by atoms with van der Waals surface area (Å²) in [5.41, 5.74) is 2.37. The average Bonchev–Trinajstić information content (AvgIpc) is 2.68. The fourth-order valence-electron chi connectivity index (χ4n) is 2.80. The van der Waals surface area contributed by atoms with Gasteiger partial charge in [0.25, 0.3) is 0 Å². The van der Waals surface area contributed by atoms with E-state index in [0.29, 0.717) is 32.8 Å². The Hall–Kier alpha value is -1.55. The van der Waals surface area contributed by atoms with Crippen molar-refractivity contribution in [2.75, 3.05) is 46.4 Å². The fourth-order valence-corrected chi connectivity index (χ4v) is 2.80. The van der Waals surface area contributed by atoms with Crippen LogP contribution < -0.4 is 5.32 Å². The van der Waals surface area contributed by atoms with Crippen LogP contribution in [0, 0.1) is 0 Å². The lowest BCUT2D eigenvalue weighted by atomic mass is 10.1. The number of nitrogens with zero attached hydrogens (tertiary/aromatic N) is 3. The van der Waals surface area contributed by atoms with E-state index in [1.807, 2.05) is 13.8 Å². The first kappa shape index (κ1) is 23.5. The molecular formula is C19H31IN4O3. The maximum absolute atomic E-state index is 11.8. The van der Waals surface area contributed by atoms with Crippen LogP contribution in [0.5, 0.6) is 0 Å². The molecule has 1 amide bonds. The zero-order chi connectivity index (χ0) is 18.8. The summed E-state index contributed by atoms with van der Waals surface area (Å²) in [5.74, 6) is 0.854. The Morgan fingerprint density at radius 2 is 1.63 bits per heavy atom. The number of benzene rings is 1. The van der Waals surface area contributed by atoms with E-state index in [0.717, 1.165) is 25.7 Å². The molecule has 1 fully saturated rings. The van der Waals surface area contributed by atoms with Crippen molar-refractivity contribution < 1.29 is 14.3 Å². The third-order valence-corrected chi connectivity index (χ3v) is 4.26. The van der Waals surface area contributed by atoms with E-state index in [-0.39, 0.29) is 30.1 Å². The molecule has 1 heterocycles. The maximum atomic E-state index is 11.8. The van der Waals surface area contributed by atoms with Crippen LogP contribution in [0.25, 0.3) is 0 Å². The molecule has 0 radical (unpaired) electrons. The van der Waals surface area contributed by atoms with Gasteiger partial charge in [0.05, 0.1) is 13.2 Å². The molecule has 0 saturated carbocycles. The standard InChI is InChI=1S/C19H30N4O3.HI/c1-4-25-15-17-8-6-16(7-9-17)14-21-18(20-3)22-10-12-23(13-11-22)19(24)26-5-2;/h6-9H,4-5,10-15H2,1-3H3,(H,20,21);1H. The number of hydrogen-bond donors (Lipinski definition) is 1. The molecule has 0 aromatic heterocycles. The molecule has 7 nitrogen and oxygen atoms in total. The Labute approximate surface area is 179 Å². The lowest BCUT2D eigenvalue weighted by Gasteiger charge is -2.35. The first-order valence-electron chi connectivity index (χ1n) is 9.20. The summed E-state index contributed by atoms with van der Waals surface area (Å²) >= 11 is 0. The van der Waals surface area contributed by atoms with Crippen LogP contribution in [0.1, 0.15) is 25.0 Å². The highest BCUT2D eigenvalue weighted by Gasteiger charge is 2.23. The quantitative estimate of drug-likeness (QED) is 0.378. The minimum atomic E-state index is -0.234. The SMILES string of the molecule is CCOCc1ccc(CNC(=NC)N2CCN(C(=O)OCC)CC2)cc1.I. The third kappa shape index (κ3) is 7.53. The highest BCUT2D eigenvalue weighted by Crippen LogP contribution is 2.07. The zero-order valence-electron chi connectivity index (χ0n) is 16.4. The van der Waals surface area contributed by atoms with Crippen LogP contribution in [0.15, 0.2) is 29.3 Å². The molecule has 1 aromatic rings. The molecule has 2 rings (SSSR count). The normalized spacial score (nSPS) is 14.6. The van der Waals surface area contributed by atoms with E-state index in [9.17, 15) is 4.79 Å². The maximum Gasteiger partial charge on any atom is 0.409 e. The number of nitrogens with one attached hydrogen (secondary N) is 1. The summed E-state index contributed by atoms with van der Waals surface area (Å²) in [6, 6.07) is 8.39. The fraction of sp³-hybridized carbons (Fsp3) is 0.579. The van der Waals surface area contributed by atoms with Crippen LogP contribution in [0.3, 0.4) is 0 Å². The number of aliphatic imine (C=N–C) groups is 1. The molecule has 0 spiro atoms. The van der Waals surface area contributed by atoms with E-state index >= 15 is 0 Å². The Morgan fingerprint density at radius 3 is 2.19 bits per heavy atom. The first-order valence-corrected chi connectivity index (χ1v) is 9.20. The number of halogens is 1. The lowest BCUT2D eigenvalue weighted by Crippen LogP contribution is -2.53. The number of carbonyl (C=O) groups excluding carboxylic acids is 1. The van der Waals surface area contributed by atoms with E-state index in [4.69, 9.17) is 9.47 Å². The summed E-state index contributed by atoms with van der Waals surface area (Å²) in [7, 11) is 1.78. The number of amides is 1. The van der Waals surface area contributed by atoms with Gasteiger partial charge in [-0.1, -0.05) is 24.3 Å². The van der Waals surface area contributed by atoms with Crippen LogP contribution in [-0.4, -0.2) is 68.3 Å². The molecule has 0 unspecified atom stereocenters. The van der Waals surface area contributed by atoms with Gasteiger partial charge in [0.1, 0.15) is 0 Å². The predicted octanol–water partition coefficient (Wildman–Crippen LogP) is 2.69. The Morgan fingerprint density at radius 1 is 1.04 bits per heavy atom. The molecule has 152 valence electrons. The Balaban J connectivity index is 0.00000364. The molecule has 8 heteroatoms. The molecule has 0 bridgehead atoms. The second-order valence-corrected chi connectivity index (χ2v) is 6.03. The van der Waals surface area contributed by atoms with Gasteiger partial charge in [0, 0.05) is 46.4 Å². The van der Waals surface area contributed by atoms with Crippen molar-refractivity contribution in [1.29, 1.82) is 0 Å². The Kier molecular flexibility index (Phi) is 11.1.